The van der Waals surface area contributed by atoms with Crippen molar-refractivity contribution in [3.8, 4) is 0 Å². The largest absolute Gasteiger partial charge is 0.363 e. The van der Waals surface area contributed by atoms with E-state index in [-0.39, 0.29) is 0 Å². The number of aromatic nitrogens is 3. The molecular formula is C15H25N5. The number of hydrogen-bond acceptors (Lipinski definition) is 4. The highest BCUT2D eigenvalue weighted by Crippen LogP contribution is 2.18. The van der Waals surface area contributed by atoms with Crippen molar-refractivity contribution in [2.45, 2.75) is 27.3 Å². The van der Waals surface area contributed by atoms with Crippen molar-refractivity contribution in [1.82, 2.24) is 19.4 Å². The summed E-state index contributed by atoms with van der Waals surface area (Å²) in [4.78, 5) is 13.8. The standard InChI is InChI=1S/C15H25N5/c1-6-19(7-2)10-11-20-12(3)16-13-8-9-14(18(4)5)17-15(13)20/h8-9H,6-7,10-11H2,1-5H3. The van der Waals surface area contributed by atoms with Gasteiger partial charge in [0.15, 0.2) is 5.65 Å². The number of rotatable bonds is 6. The molecular weight excluding hydrogens is 250 g/mol. The molecule has 0 amide bonds. The SMILES string of the molecule is CCN(CC)CCn1c(C)nc2ccc(N(C)C)nc21. The van der Waals surface area contributed by atoms with Gasteiger partial charge in [-0.2, -0.15) is 0 Å². The van der Waals surface area contributed by atoms with E-state index >= 15 is 0 Å². The minimum absolute atomic E-state index is 0.938. The van der Waals surface area contributed by atoms with Gasteiger partial charge in [-0.3, -0.25) is 0 Å². The van der Waals surface area contributed by atoms with E-state index in [4.69, 9.17) is 4.98 Å². The number of pyridine rings is 1. The summed E-state index contributed by atoms with van der Waals surface area (Å²) in [6.45, 7) is 10.6. The number of hydrogen-bond donors (Lipinski definition) is 0. The van der Waals surface area contributed by atoms with E-state index in [2.05, 4.69) is 41.3 Å². The van der Waals surface area contributed by atoms with E-state index in [9.17, 15) is 0 Å². The van der Waals surface area contributed by atoms with Gasteiger partial charge in [0, 0.05) is 27.2 Å². The summed E-state index contributed by atoms with van der Waals surface area (Å²) in [5.74, 6) is 2.01. The smallest absolute Gasteiger partial charge is 0.162 e. The van der Waals surface area contributed by atoms with Gasteiger partial charge in [0.2, 0.25) is 0 Å². The molecule has 0 N–H and O–H groups in total. The highest BCUT2D eigenvalue weighted by atomic mass is 15.2. The molecule has 0 radical (unpaired) electrons. The van der Waals surface area contributed by atoms with Crippen molar-refractivity contribution in [3.63, 3.8) is 0 Å². The van der Waals surface area contributed by atoms with Gasteiger partial charge in [0.25, 0.3) is 0 Å². The average Bonchev–Trinajstić information content (AvgIpc) is 2.75. The molecule has 0 saturated carbocycles. The maximum Gasteiger partial charge on any atom is 0.162 e. The summed E-state index contributed by atoms with van der Waals surface area (Å²) in [5.41, 5.74) is 1.97. The fraction of sp³-hybridized carbons (Fsp3) is 0.600. The highest BCUT2D eigenvalue weighted by Gasteiger charge is 2.11. The minimum atomic E-state index is 0.938. The molecule has 2 heterocycles. The first-order chi connectivity index (χ1) is 9.56. The van der Waals surface area contributed by atoms with E-state index in [0.717, 1.165) is 49.0 Å². The quantitative estimate of drug-likeness (QED) is 0.809. The maximum absolute atomic E-state index is 4.73. The molecule has 2 aromatic heterocycles. The lowest BCUT2D eigenvalue weighted by atomic mass is 10.4. The summed E-state index contributed by atoms with van der Waals surface area (Å²) < 4.78 is 2.22. The fourth-order valence-corrected chi connectivity index (χ4v) is 2.40. The van der Waals surface area contributed by atoms with Gasteiger partial charge in [-0.25, -0.2) is 9.97 Å². The second kappa shape index (κ2) is 6.22. The number of nitrogens with zero attached hydrogens (tertiary/aromatic N) is 5. The first-order valence-corrected chi connectivity index (χ1v) is 7.30. The number of fused-ring (bicyclic) bond motifs is 1. The fourth-order valence-electron chi connectivity index (χ4n) is 2.40. The number of anilines is 1. The molecule has 0 atom stereocenters. The van der Waals surface area contributed by atoms with E-state index in [1.165, 1.54) is 0 Å². The van der Waals surface area contributed by atoms with Crippen LogP contribution in [0.2, 0.25) is 0 Å². The lowest BCUT2D eigenvalue weighted by Gasteiger charge is -2.19. The Morgan fingerprint density at radius 2 is 1.80 bits per heavy atom. The van der Waals surface area contributed by atoms with Crippen LogP contribution in [0.3, 0.4) is 0 Å². The molecule has 0 fully saturated rings. The normalized spacial score (nSPS) is 11.5. The molecule has 0 aliphatic rings. The average molecular weight is 275 g/mol. The number of aryl methyl sites for hydroxylation is 1. The van der Waals surface area contributed by atoms with Crippen molar-refractivity contribution in [2.24, 2.45) is 0 Å². The van der Waals surface area contributed by atoms with Crippen LogP contribution in [0.4, 0.5) is 5.82 Å². The molecule has 20 heavy (non-hydrogen) atoms. The molecule has 5 heteroatoms. The Balaban J connectivity index is 2.31. The maximum atomic E-state index is 4.73. The van der Waals surface area contributed by atoms with E-state index in [1.54, 1.807) is 0 Å². The van der Waals surface area contributed by atoms with Crippen molar-refractivity contribution < 1.29 is 0 Å². The zero-order valence-electron chi connectivity index (χ0n) is 13.2. The van der Waals surface area contributed by atoms with Crippen LogP contribution in [-0.4, -0.2) is 53.2 Å². The van der Waals surface area contributed by atoms with Crippen molar-refractivity contribution in [1.29, 1.82) is 0 Å². The van der Waals surface area contributed by atoms with E-state index in [1.807, 2.05) is 25.1 Å². The van der Waals surface area contributed by atoms with Gasteiger partial charge in [-0.15, -0.1) is 0 Å². The Kier molecular flexibility index (Phi) is 4.60. The molecule has 0 aromatic carbocycles. The van der Waals surface area contributed by atoms with Crippen LogP contribution >= 0.6 is 0 Å². The third-order valence-electron chi connectivity index (χ3n) is 3.76. The second-order valence-corrected chi connectivity index (χ2v) is 5.24. The van der Waals surface area contributed by atoms with Gasteiger partial charge >= 0.3 is 0 Å². The van der Waals surface area contributed by atoms with Gasteiger partial charge in [-0.05, 0) is 32.1 Å². The van der Waals surface area contributed by atoms with Crippen LogP contribution in [0.1, 0.15) is 19.7 Å². The van der Waals surface area contributed by atoms with Crippen molar-refractivity contribution in [2.75, 3.05) is 38.6 Å². The zero-order valence-corrected chi connectivity index (χ0v) is 13.2. The Hall–Kier alpha value is -1.62. The molecule has 0 aliphatic carbocycles. The third-order valence-corrected chi connectivity index (χ3v) is 3.76. The van der Waals surface area contributed by atoms with Crippen LogP contribution in [0, 0.1) is 6.92 Å². The Labute approximate surface area is 121 Å². The van der Waals surface area contributed by atoms with Crippen molar-refractivity contribution in [3.05, 3.63) is 18.0 Å². The Morgan fingerprint density at radius 1 is 1.10 bits per heavy atom. The van der Waals surface area contributed by atoms with Crippen LogP contribution in [-0.2, 0) is 6.54 Å². The van der Waals surface area contributed by atoms with Gasteiger partial charge < -0.3 is 14.4 Å². The molecule has 0 spiro atoms. The first-order valence-electron chi connectivity index (χ1n) is 7.30. The summed E-state index contributed by atoms with van der Waals surface area (Å²) in [5, 5.41) is 0. The van der Waals surface area contributed by atoms with E-state index < -0.39 is 0 Å². The van der Waals surface area contributed by atoms with E-state index in [0.29, 0.717) is 0 Å². The minimum Gasteiger partial charge on any atom is -0.363 e. The third kappa shape index (κ3) is 2.93. The summed E-state index contributed by atoms with van der Waals surface area (Å²) in [6.07, 6.45) is 0. The number of imidazole rings is 1. The summed E-state index contributed by atoms with van der Waals surface area (Å²) in [6, 6.07) is 4.07. The van der Waals surface area contributed by atoms with Crippen LogP contribution < -0.4 is 4.90 Å². The molecule has 0 aliphatic heterocycles. The lowest BCUT2D eigenvalue weighted by Crippen LogP contribution is -2.27. The molecule has 0 unspecified atom stereocenters. The topological polar surface area (TPSA) is 37.2 Å². The molecule has 110 valence electrons. The Morgan fingerprint density at radius 3 is 2.40 bits per heavy atom. The predicted octanol–water partition coefficient (Wildman–Crippen LogP) is 2.15. The lowest BCUT2D eigenvalue weighted by molar-refractivity contribution is 0.291. The predicted molar refractivity (Wildman–Crippen MR) is 84.4 cm³/mol. The van der Waals surface area contributed by atoms with Crippen molar-refractivity contribution >= 4 is 17.0 Å². The Bertz CT molecular complexity index is 569. The molecule has 0 bridgehead atoms. The molecule has 5 nitrogen and oxygen atoms in total. The zero-order chi connectivity index (χ0) is 14.7. The molecule has 0 saturated heterocycles. The van der Waals surface area contributed by atoms with Gasteiger partial charge in [0.05, 0.1) is 0 Å². The highest BCUT2D eigenvalue weighted by molar-refractivity contribution is 5.74. The summed E-state index contributed by atoms with van der Waals surface area (Å²) >= 11 is 0. The summed E-state index contributed by atoms with van der Waals surface area (Å²) in [7, 11) is 4.02. The molecule has 2 rings (SSSR count). The molecule has 2 aromatic rings. The number of likely N-dealkylation sites (N-methyl/N-ethyl adjacent to an activating group) is 1. The van der Waals surface area contributed by atoms with Crippen LogP contribution in [0.15, 0.2) is 12.1 Å². The monoisotopic (exact) mass is 275 g/mol. The first kappa shape index (κ1) is 14.8. The van der Waals surface area contributed by atoms with Gasteiger partial charge in [0.1, 0.15) is 17.2 Å². The van der Waals surface area contributed by atoms with Gasteiger partial charge in [-0.1, -0.05) is 13.8 Å². The van der Waals surface area contributed by atoms with Crippen LogP contribution in [0.25, 0.3) is 11.2 Å². The second-order valence-electron chi connectivity index (χ2n) is 5.24. The van der Waals surface area contributed by atoms with Crippen LogP contribution in [0.5, 0.6) is 0 Å².